The SMILES string of the molecule is CCc1ccc(-c2ccc(C3CCC(CC)CC3)cc2)nc1. The van der Waals surface area contributed by atoms with Crippen LogP contribution in [-0.4, -0.2) is 4.98 Å². The molecule has 1 aliphatic rings. The highest BCUT2D eigenvalue weighted by Gasteiger charge is 2.21. The van der Waals surface area contributed by atoms with E-state index in [1.807, 2.05) is 6.20 Å². The fourth-order valence-electron chi connectivity index (χ4n) is 3.63. The van der Waals surface area contributed by atoms with Gasteiger partial charge in [-0.1, -0.05) is 50.6 Å². The van der Waals surface area contributed by atoms with Gasteiger partial charge in [0.1, 0.15) is 0 Å². The number of hydrogen-bond acceptors (Lipinski definition) is 1. The molecule has 1 aromatic carbocycles. The minimum atomic E-state index is 0.771. The normalized spacial score (nSPS) is 21.7. The highest BCUT2D eigenvalue weighted by Crippen LogP contribution is 2.37. The lowest BCUT2D eigenvalue weighted by molar-refractivity contribution is 0.319. The molecule has 0 atom stereocenters. The Kier molecular flexibility index (Phi) is 4.92. The van der Waals surface area contributed by atoms with Gasteiger partial charge in [0.15, 0.2) is 0 Å². The van der Waals surface area contributed by atoms with Crippen LogP contribution < -0.4 is 0 Å². The topological polar surface area (TPSA) is 12.9 Å². The average Bonchev–Trinajstić information content (AvgIpc) is 2.62. The van der Waals surface area contributed by atoms with Crippen molar-refractivity contribution in [2.24, 2.45) is 5.92 Å². The van der Waals surface area contributed by atoms with E-state index >= 15 is 0 Å². The number of pyridine rings is 1. The molecule has 0 unspecified atom stereocenters. The smallest absolute Gasteiger partial charge is 0.0702 e. The summed E-state index contributed by atoms with van der Waals surface area (Å²) in [5, 5.41) is 0. The maximum atomic E-state index is 4.58. The van der Waals surface area contributed by atoms with Crippen molar-refractivity contribution < 1.29 is 0 Å². The van der Waals surface area contributed by atoms with Crippen molar-refractivity contribution in [2.45, 2.75) is 58.3 Å². The van der Waals surface area contributed by atoms with E-state index in [0.717, 1.165) is 24.0 Å². The molecule has 0 amide bonds. The lowest BCUT2D eigenvalue weighted by Crippen LogP contribution is -2.12. The van der Waals surface area contributed by atoms with Crippen LogP contribution in [0.2, 0.25) is 0 Å². The summed E-state index contributed by atoms with van der Waals surface area (Å²) in [6, 6.07) is 13.5. The largest absolute Gasteiger partial charge is 0.256 e. The van der Waals surface area contributed by atoms with Crippen LogP contribution in [0.25, 0.3) is 11.3 Å². The van der Waals surface area contributed by atoms with Gasteiger partial charge >= 0.3 is 0 Å². The summed E-state index contributed by atoms with van der Waals surface area (Å²) in [4.78, 5) is 4.58. The Morgan fingerprint density at radius 3 is 2.18 bits per heavy atom. The van der Waals surface area contributed by atoms with Gasteiger partial charge in [-0.25, -0.2) is 0 Å². The first-order valence-electron chi connectivity index (χ1n) is 8.85. The number of rotatable bonds is 4. The second-order valence-electron chi connectivity index (χ2n) is 6.65. The van der Waals surface area contributed by atoms with E-state index in [1.165, 1.54) is 48.8 Å². The van der Waals surface area contributed by atoms with Gasteiger partial charge in [0.25, 0.3) is 0 Å². The van der Waals surface area contributed by atoms with Gasteiger partial charge in [-0.15, -0.1) is 0 Å². The summed E-state index contributed by atoms with van der Waals surface area (Å²) in [7, 11) is 0. The number of aromatic nitrogens is 1. The van der Waals surface area contributed by atoms with Gasteiger partial charge in [0, 0.05) is 11.8 Å². The van der Waals surface area contributed by atoms with Crippen LogP contribution >= 0.6 is 0 Å². The predicted octanol–water partition coefficient (Wildman–Crippen LogP) is 5.99. The molecule has 1 aliphatic carbocycles. The fraction of sp³-hybridized carbons (Fsp3) is 0.476. The van der Waals surface area contributed by atoms with E-state index in [1.54, 1.807) is 0 Å². The van der Waals surface area contributed by atoms with Gasteiger partial charge in [0.2, 0.25) is 0 Å². The second-order valence-corrected chi connectivity index (χ2v) is 6.65. The van der Waals surface area contributed by atoms with E-state index in [0.29, 0.717) is 0 Å². The Hall–Kier alpha value is -1.63. The maximum absolute atomic E-state index is 4.58. The number of benzene rings is 1. The van der Waals surface area contributed by atoms with E-state index in [4.69, 9.17) is 0 Å². The molecule has 0 N–H and O–H groups in total. The molecule has 0 spiro atoms. The molecular weight excluding hydrogens is 266 g/mol. The molecule has 0 aliphatic heterocycles. The minimum absolute atomic E-state index is 0.771. The summed E-state index contributed by atoms with van der Waals surface area (Å²) < 4.78 is 0. The second kappa shape index (κ2) is 7.09. The van der Waals surface area contributed by atoms with Gasteiger partial charge in [-0.2, -0.15) is 0 Å². The molecule has 1 aromatic heterocycles. The van der Waals surface area contributed by atoms with Crippen LogP contribution in [-0.2, 0) is 6.42 Å². The van der Waals surface area contributed by atoms with Gasteiger partial charge < -0.3 is 0 Å². The molecule has 116 valence electrons. The first kappa shape index (κ1) is 15.3. The number of nitrogens with zero attached hydrogens (tertiary/aromatic N) is 1. The van der Waals surface area contributed by atoms with Crippen LogP contribution in [0.4, 0.5) is 0 Å². The minimum Gasteiger partial charge on any atom is -0.256 e. The molecule has 1 heterocycles. The highest BCUT2D eigenvalue weighted by molar-refractivity contribution is 5.59. The molecule has 0 bridgehead atoms. The number of hydrogen-bond donors (Lipinski definition) is 0. The molecule has 0 saturated heterocycles. The van der Waals surface area contributed by atoms with Gasteiger partial charge in [-0.3, -0.25) is 4.98 Å². The van der Waals surface area contributed by atoms with Gasteiger partial charge in [0.05, 0.1) is 5.69 Å². The Bertz CT molecular complexity index is 574. The number of aryl methyl sites for hydroxylation is 1. The first-order valence-corrected chi connectivity index (χ1v) is 8.85. The summed E-state index contributed by atoms with van der Waals surface area (Å²) >= 11 is 0. The van der Waals surface area contributed by atoms with E-state index in [2.05, 4.69) is 55.2 Å². The zero-order chi connectivity index (χ0) is 15.4. The summed E-state index contributed by atoms with van der Waals surface area (Å²) in [5.41, 5.74) is 5.13. The third-order valence-electron chi connectivity index (χ3n) is 5.33. The summed E-state index contributed by atoms with van der Waals surface area (Å²) in [6.45, 7) is 4.50. The van der Waals surface area contributed by atoms with Crippen LogP contribution in [0, 0.1) is 5.92 Å². The third kappa shape index (κ3) is 3.40. The van der Waals surface area contributed by atoms with Crippen molar-refractivity contribution in [2.75, 3.05) is 0 Å². The zero-order valence-electron chi connectivity index (χ0n) is 13.9. The van der Waals surface area contributed by atoms with E-state index in [-0.39, 0.29) is 0 Å². The molecule has 1 saturated carbocycles. The third-order valence-corrected chi connectivity index (χ3v) is 5.33. The Morgan fingerprint density at radius 2 is 1.64 bits per heavy atom. The molecule has 0 radical (unpaired) electrons. The van der Waals surface area contributed by atoms with Crippen LogP contribution in [0.5, 0.6) is 0 Å². The Balaban J connectivity index is 1.69. The van der Waals surface area contributed by atoms with Crippen LogP contribution in [0.3, 0.4) is 0 Å². The molecule has 22 heavy (non-hydrogen) atoms. The Labute approximate surface area is 134 Å². The van der Waals surface area contributed by atoms with Crippen molar-refractivity contribution in [3.8, 4) is 11.3 Å². The standard InChI is InChI=1S/C21H27N/c1-3-16-5-8-18(9-6-16)19-10-12-20(13-11-19)21-14-7-17(4-2)15-22-21/h7,10-16,18H,3-6,8-9H2,1-2H3. The van der Waals surface area contributed by atoms with Crippen molar-refractivity contribution >= 4 is 0 Å². The molecule has 1 fully saturated rings. The van der Waals surface area contributed by atoms with Crippen molar-refractivity contribution in [1.29, 1.82) is 0 Å². The summed E-state index contributed by atoms with van der Waals surface area (Å²) in [6.07, 6.45) is 9.93. The molecule has 3 rings (SSSR count). The first-order chi connectivity index (χ1) is 10.8. The fourth-order valence-corrected chi connectivity index (χ4v) is 3.63. The van der Waals surface area contributed by atoms with E-state index < -0.39 is 0 Å². The average molecular weight is 293 g/mol. The van der Waals surface area contributed by atoms with Gasteiger partial charge in [-0.05, 0) is 61.1 Å². The predicted molar refractivity (Wildman–Crippen MR) is 94.0 cm³/mol. The quantitative estimate of drug-likeness (QED) is 0.674. The molecule has 1 heteroatoms. The lowest BCUT2D eigenvalue weighted by atomic mass is 9.78. The molecular formula is C21H27N. The zero-order valence-corrected chi connectivity index (χ0v) is 13.9. The molecule has 1 nitrogen and oxygen atoms in total. The lowest BCUT2D eigenvalue weighted by Gasteiger charge is -2.28. The maximum Gasteiger partial charge on any atom is 0.0702 e. The van der Waals surface area contributed by atoms with Crippen molar-refractivity contribution in [3.05, 3.63) is 53.7 Å². The van der Waals surface area contributed by atoms with E-state index in [9.17, 15) is 0 Å². The molecule has 2 aromatic rings. The monoisotopic (exact) mass is 293 g/mol. The summed E-state index contributed by atoms with van der Waals surface area (Å²) in [5.74, 6) is 1.74. The van der Waals surface area contributed by atoms with Crippen LogP contribution in [0.1, 0.15) is 63.0 Å². The van der Waals surface area contributed by atoms with Crippen molar-refractivity contribution in [3.63, 3.8) is 0 Å². The Morgan fingerprint density at radius 1 is 0.909 bits per heavy atom. The highest BCUT2D eigenvalue weighted by atomic mass is 14.7. The van der Waals surface area contributed by atoms with Crippen LogP contribution in [0.15, 0.2) is 42.6 Å². The van der Waals surface area contributed by atoms with Crippen molar-refractivity contribution in [1.82, 2.24) is 4.98 Å².